The zero-order chi connectivity index (χ0) is 10.1. The number of hydrogen-bond acceptors (Lipinski definition) is 1. The van der Waals surface area contributed by atoms with E-state index in [1.807, 2.05) is 12.1 Å². The summed E-state index contributed by atoms with van der Waals surface area (Å²) < 4.78 is 5.53. The SMILES string of the molecule is CCCCCOCCc1cc[c]cc1. The lowest BCUT2D eigenvalue weighted by Gasteiger charge is -2.03. The molecule has 0 aliphatic heterocycles. The van der Waals surface area contributed by atoms with E-state index in [4.69, 9.17) is 4.74 Å². The molecule has 0 saturated heterocycles. The summed E-state index contributed by atoms with van der Waals surface area (Å²) in [6.07, 6.45) is 4.75. The van der Waals surface area contributed by atoms with Gasteiger partial charge < -0.3 is 4.74 Å². The normalized spacial score (nSPS) is 10.4. The molecular formula is C13H19O. The van der Waals surface area contributed by atoms with Gasteiger partial charge in [-0.3, -0.25) is 0 Å². The lowest BCUT2D eigenvalue weighted by Crippen LogP contribution is -2.00. The Morgan fingerprint density at radius 2 is 1.93 bits per heavy atom. The van der Waals surface area contributed by atoms with Crippen molar-refractivity contribution in [3.8, 4) is 0 Å². The minimum absolute atomic E-state index is 0.841. The molecule has 1 heteroatoms. The van der Waals surface area contributed by atoms with Crippen LogP contribution in [0.1, 0.15) is 31.7 Å². The smallest absolute Gasteiger partial charge is 0.0506 e. The first-order chi connectivity index (χ1) is 6.93. The highest BCUT2D eigenvalue weighted by atomic mass is 16.5. The maximum atomic E-state index is 5.53. The summed E-state index contributed by atoms with van der Waals surface area (Å²) in [7, 11) is 0. The largest absolute Gasteiger partial charge is 0.381 e. The molecule has 14 heavy (non-hydrogen) atoms. The van der Waals surface area contributed by atoms with Gasteiger partial charge in [0.1, 0.15) is 0 Å². The van der Waals surface area contributed by atoms with Gasteiger partial charge in [0, 0.05) is 6.61 Å². The third-order valence-corrected chi connectivity index (χ3v) is 2.21. The number of rotatable bonds is 7. The summed E-state index contributed by atoms with van der Waals surface area (Å²) in [5.74, 6) is 0. The first-order valence-corrected chi connectivity index (χ1v) is 5.46. The Morgan fingerprint density at radius 3 is 2.64 bits per heavy atom. The maximum absolute atomic E-state index is 5.53. The lowest BCUT2D eigenvalue weighted by atomic mass is 10.2. The molecule has 0 amide bonds. The Labute approximate surface area is 87.1 Å². The number of hydrogen-bond donors (Lipinski definition) is 0. The van der Waals surface area contributed by atoms with Crippen molar-refractivity contribution in [3.63, 3.8) is 0 Å². The highest BCUT2D eigenvalue weighted by Gasteiger charge is 1.91. The third-order valence-electron chi connectivity index (χ3n) is 2.21. The maximum Gasteiger partial charge on any atom is 0.0506 e. The van der Waals surface area contributed by atoms with Crippen LogP contribution in [0.3, 0.4) is 0 Å². The van der Waals surface area contributed by atoms with Gasteiger partial charge in [-0.15, -0.1) is 0 Å². The van der Waals surface area contributed by atoms with Crippen LogP contribution in [0.15, 0.2) is 24.3 Å². The van der Waals surface area contributed by atoms with E-state index in [2.05, 4.69) is 25.1 Å². The standard InChI is InChI=1S/C13H19O/c1-2-3-7-11-14-12-10-13-8-5-4-6-9-13/h5-6,8-9H,2-3,7,10-12H2,1H3. The van der Waals surface area contributed by atoms with Crippen molar-refractivity contribution in [2.45, 2.75) is 32.6 Å². The second-order valence-corrected chi connectivity index (χ2v) is 3.48. The van der Waals surface area contributed by atoms with Crippen molar-refractivity contribution in [2.75, 3.05) is 13.2 Å². The quantitative estimate of drug-likeness (QED) is 0.601. The van der Waals surface area contributed by atoms with Crippen LogP contribution in [0.5, 0.6) is 0 Å². The van der Waals surface area contributed by atoms with Crippen LogP contribution >= 0.6 is 0 Å². The molecule has 1 radical (unpaired) electrons. The molecule has 0 aliphatic rings. The van der Waals surface area contributed by atoms with E-state index < -0.39 is 0 Å². The van der Waals surface area contributed by atoms with Crippen LogP contribution in [0.4, 0.5) is 0 Å². The van der Waals surface area contributed by atoms with Crippen LogP contribution in [-0.2, 0) is 11.2 Å². The molecule has 0 N–H and O–H groups in total. The van der Waals surface area contributed by atoms with E-state index in [1.54, 1.807) is 0 Å². The molecule has 0 aromatic heterocycles. The van der Waals surface area contributed by atoms with Crippen LogP contribution in [0, 0.1) is 6.07 Å². The van der Waals surface area contributed by atoms with E-state index in [1.165, 1.54) is 24.8 Å². The summed E-state index contributed by atoms with van der Waals surface area (Å²) in [6.45, 7) is 3.96. The Balaban J connectivity index is 1.99. The van der Waals surface area contributed by atoms with Gasteiger partial charge in [0.05, 0.1) is 6.61 Å². The van der Waals surface area contributed by atoms with Gasteiger partial charge in [-0.2, -0.15) is 0 Å². The number of unbranched alkanes of at least 4 members (excludes halogenated alkanes) is 2. The molecule has 1 aromatic carbocycles. The monoisotopic (exact) mass is 191 g/mol. The summed E-state index contributed by atoms with van der Waals surface area (Å²) in [5.41, 5.74) is 1.33. The first-order valence-electron chi connectivity index (χ1n) is 5.46. The fourth-order valence-electron chi connectivity index (χ4n) is 1.33. The van der Waals surface area contributed by atoms with Gasteiger partial charge in [0.15, 0.2) is 0 Å². The van der Waals surface area contributed by atoms with Gasteiger partial charge in [-0.25, -0.2) is 0 Å². The highest BCUT2D eigenvalue weighted by molar-refractivity contribution is 5.13. The van der Waals surface area contributed by atoms with Crippen molar-refractivity contribution in [1.82, 2.24) is 0 Å². The fourth-order valence-corrected chi connectivity index (χ4v) is 1.33. The molecule has 1 aromatic rings. The second kappa shape index (κ2) is 7.57. The average Bonchev–Trinajstić information content (AvgIpc) is 2.25. The molecule has 0 saturated carbocycles. The molecule has 0 spiro atoms. The summed E-state index contributed by atoms with van der Waals surface area (Å²) in [5, 5.41) is 0. The van der Waals surface area contributed by atoms with Crippen LogP contribution in [0.2, 0.25) is 0 Å². The Kier molecular flexibility index (Phi) is 6.09. The van der Waals surface area contributed by atoms with Gasteiger partial charge >= 0.3 is 0 Å². The Hall–Kier alpha value is -0.820. The minimum atomic E-state index is 0.841. The van der Waals surface area contributed by atoms with E-state index >= 15 is 0 Å². The minimum Gasteiger partial charge on any atom is -0.381 e. The van der Waals surface area contributed by atoms with Gasteiger partial charge in [0.25, 0.3) is 0 Å². The molecule has 0 aliphatic carbocycles. The summed E-state index contributed by atoms with van der Waals surface area (Å²) in [6, 6.07) is 11.1. The molecule has 0 fully saturated rings. The van der Waals surface area contributed by atoms with E-state index in [0.29, 0.717) is 0 Å². The van der Waals surface area contributed by atoms with Crippen LogP contribution in [-0.4, -0.2) is 13.2 Å². The van der Waals surface area contributed by atoms with Gasteiger partial charge in [-0.05, 0) is 24.5 Å². The topological polar surface area (TPSA) is 9.23 Å². The number of ether oxygens (including phenoxy) is 1. The molecule has 0 atom stereocenters. The molecule has 77 valence electrons. The number of benzene rings is 1. The van der Waals surface area contributed by atoms with Crippen molar-refractivity contribution < 1.29 is 4.74 Å². The van der Waals surface area contributed by atoms with Crippen LogP contribution in [0.25, 0.3) is 0 Å². The van der Waals surface area contributed by atoms with E-state index in [-0.39, 0.29) is 0 Å². The van der Waals surface area contributed by atoms with Gasteiger partial charge in [-0.1, -0.05) is 44.0 Å². The predicted molar refractivity (Wildman–Crippen MR) is 59.3 cm³/mol. The van der Waals surface area contributed by atoms with Crippen molar-refractivity contribution in [1.29, 1.82) is 0 Å². The van der Waals surface area contributed by atoms with Gasteiger partial charge in [0.2, 0.25) is 0 Å². The lowest BCUT2D eigenvalue weighted by molar-refractivity contribution is 0.133. The van der Waals surface area contributed by atoms with Crippen molar-refractivity contribution in [3.05, 3.63) is 35.9 Å². The fraction of sp³-hybridized carbons (Fsp3) is 0.538. The first kappa shape index (κ1) is 11.3. The van der Waals surface area contributed by atoms with Crippen molar-refractivity contribution >= 4 is 0 Å². The second-order valence-electron chi connectivity index (χ2n) is 3.48. The molecular weight excluding hydrogens is 172 g/mol. The van der Waals surface area contributed by atoms with E-state index in [9.17, 15) is 0 Å². The van der Waals surface area contributed by atoms with E-state index in [0.717, 1.165) is 19.6 Å². The van der Waals surface area contributed by atoms with Crippen LogP contribution < -0.4 is 0 Å². The highest BCUT2D eigenvalue weighted by Crippen LogP contribution is 2.00. The molecule has 0 bridgehead atoms. The summed E-state index contributed by atoms with van der Waals surface area (Å²) in [4.78, 5) is 0. The average molecular weight is 191 g/mol. The zero-order valence-corrected chi connectivity index (χ0v) is 8.96. The molecule has 0 unspecified atom stereocenters. The predicted octanol–water partition coefficient (Wildman–Crippen LogP) is 3.24. The molecule has 1 nitrogen and oxygen atoms in total. The third kappa shape index (κ3) is 5.03. The zero-order valence-electron chi connectivity index (χ0n) is 8.96. The molecule has 0 heterocycles. The van der Waals surface area contributed by atoms with Crippen molar-refractivity contribution in [2.24, 2.45) is 0 Å². The Bertz CT molecular complexity index is 218. The summed E-state index contributed by atoms with van der Waals surface area (Å²) >= 11 is 0. The Morgan fingerprint density at radius 1 is 1.14 bits per heavy atom. The molecule has 1 rings (SSSR count).